The van der Waals surface area contributed by atoms with Crippen molar-refractivity contribution >= 4 is 23.4 Å². The van der Waals surface area contributed by atoms with E-state index in [4.69, 9.17) is 11.6 Å². The monoisotopic (exact) mass is 480 g/mol. The Morgan fingerprint density at radius 3 is 2.12 bits per heavy atom. The number of amides is 2. The molecule has 4 nitrogen and oxygen atoms in total. The molecule has 3 rings (SSSR count). The molecule has 0 aliphatic carbocycles. The molecule has 1 N–H and O–H groups in total. The van der Waals surface area contributed by atoms with E-state index < -0.39 is 17.4 Å². The average molecular weight is 481 g/mol. The number of nitrogens with one attached hydrogen (secondary N) is 1. The maximum atomic E-state index is 14.4. The van der Waals surface area contributed by atoms with E-state index >= 15 is 0 Å². The smallest absolute Gasteiger partial charge is 0.243 e. The van der Waals surface area contributed by atoms with Gasteiger partial charge in [-0.2, -0.15) is 0 Å². The van der Waals surface area contributed by atoms with Crippen molar-refractivity contribution in [2.24, 2.45) is 0 Å². The minimum Gasteiger partial charge on any atom is -0.350 e. The van der Waals surface area contributed by atoms with Crippen LogP contribution in [-0.2, 0) is 29.0 Å². The molecule has 0 aromatic heterocycles. The van der Waals surface area contributed by atoms with Crippen molar-refractivity contribution in [3.8, 4) is 0 Å². The third kappa shape index (κ3) is 7.16. The number of halogens is 2. The number of rotatable bonds is 8. The predicted octanol–water partition coefficient (Wildman–Crippen LogP) is 5.58. The second-order valence-electron chi connectivity index (χ2n) is 9.33. The van der Waals surface area contributed by atoms with Crippen LogP contribution in [-0.4, -0.2) is 28.3 Å². The summed E-state index contributed by atoms with van der Waals surface area (Å²) in [5.41, 5.74) is 1.43. The highest BCUT2D eigenvalue weighted by molar-refractivity contribution is 6.31. The van der Waals surface area contributed by atoms with Crippen LogP contribution in [0.15, 0.2) is 78.9 Å². The van der Waals surface area contributed by atoms with Crippen molar-refractivity contribution in [3.63, 3.8) is 0 Å². The highest BCUT2D eigenvalue weighted by atomic mass is 35.5. The lowest BCUT2D eigenvalue weighted by Crippen LogP contribution is -2.54. The molecule has 3 aromatic rings. The van der Waals surface area contributed by atoms with Gasteiger partial charge in [0.25, 0.3) is 0 Å². The van der Waals surface area contributed by atoms with E-state index in [2.05, 4.69) is 5.32 Å². The molecule has 0 fully saturated rings. The van der Waals surface area contributed by atoms with Crippen molar-refractivity contribution in [2.45, 2.75) is 51.7 Å². The number of carbonyl (C=O) groups excluding carboxylic acids is 2. The first-order valence-electron chi connectivity index (χ1n) is 11.3. The van der Waals surface area contributed by atoms with Gasteiger partial charge in [-0.15, -0.1) is 0 Å². The Kier molecular flexibility index (Phi) is 8.46. The molecule has 0 aliphatic heterocycles. The zero-order valence-electron chi connectivity index (χ0n) is 19.7. The van der Waals surface area contributed by atoms with Crippen molar-refractivity contribution in [1.29, 1.82) is 0 Å². The van der Waals surface area contributed by atoms with Gasteiger partial charge in [0.15, 0.2) is 0 Å². The van der Waals surface area contributed by atoms with Crippen LogP contribution in [0.1, 0.15) is 37.5 Å². The molecule has 6 heteroatoms. The van der Waals surface area contributed by atoms with Crippen LogP contribution in [0.25, 0.3) is 0 Å². The zero-order valence-corrected chi connectivity index (χ0v) is 20.5. The molecule has 34 heavy (non-hydrogen) atoms. The van der Waals surface area contributed by atoms with Crippen LogP contribution < -0.4 is 5.32 Å². The van der Waals surface area contributed by atoms with E-state index in [1.54, 1.807) is 24.3 Å². The van der Waals surface area contributed by atoms with Crippen LogP contribution in [0.3, 0.4) is 0 Å². The summed E-state index contributed by atoms with van der Waals surface area (Å²) in [5.74, 6) is -1.08. The van der Waals surface area contributed by atoms with Gasteiger partial charge in [-0.25, -0.2) is 4.39 Å². The Balaban J connectivity index is 2.01. The van der Waals surface area contributed by atoms with E-state index in [-0.39, 0.29) is 30.3 Å². The molecule has 0 heterocycles. The van der Waals surface area contributed by atoms with Crippen molar-refractivity contribution in [2.75, 3.05) is 0 Å². The summed E-state index contributed by atoms with van der Waals surface area (Å²) in [4.78, 5) is 28.6. The summed E-state index contributed by atoms with van der Waals surface area (Å²) in [5, 5.41) is 3.51. The summed E-state index contributed by atoms with van der Waals surface area (Å²) in [7, 11) is 0. The summed E-state index contributed by atoms with van der Waals surface area (Å²) >= 11 is 6.41. The third-order valence-corrected chi connectivity index (χ3v) is 5.74. The molecule has 0 spiro atoms. The van der Waals surface area contributed by atoms with Gasteiger partial charge in [0, 0.05) is 23.5 Å². The predicted molar refractivity (Wildman–Crippen MR) is 134 cm³/mol. The highest BCUT2D eigenvalue weighted by Gasteiger charge is 2.32. The Morgan fingerprint density at radius 2 is 1.50 bits per heavy atom. The Bertz CT molecular complexity index is 1130. The Hall–Kier alpha value is -3.18. The van der Waals surface area contributed by atoms with Gasteiger partial charge in [0.05, 0.1) is 6.42 Å². The lowest BCUT2D eigenvalue weighted by Gasteiger charge is -2.34. The summed E-state index contributed by atoms with van der Waals surface area (Å²) in [6.45, 7) is 5.81. The van der Waals surface area contributed by atoms with Gasteiger partial charge in [-0.3, -0.25) is 9.59 Å². The molecule has 1 atom stereocenters. The minimum atomic E-state index is -0.808. The van der Waals surface area contributed by atoms with Gasteiger partial charge in [0.2, 0.25) is 11.8 Å². The maximum Gasteiger partial charge on any atom is 0.243 e. The van der Waals surface area contributed by atoms with Crippen LogP contribution in [0.4, 0.5) is 4.39 Å². The number of hydrogen-bond donors (Lipinski definition) is 1. The second-order valence-corrected chi connectivity index (χ2v) is 9.73. The van der Waals surface area contributed by atoms with Gasteiger partial charge in [0.1, 0.15) is 11.9 Å². The standard InChI is InChI=1S/C28H30ClFN2O2/c1-28(2,3)31-27(34)25(17-20-11-5-4-6-12-20)32(19-22-14-7-9-15-23(22)29)26(33)18-21-13-8-10-16-24(21)30/h4-16,25H,17-19H2,1-3H3,(H,31,34). The molecule has 2 amide bonds. The molecular formula is C28H30ClFN2O2. The number of benzene rings is 3. The fraction of sp³-hybridized carbons (Fsp3) is 0.286. The summed E-state index contributed by atoms with van der Waals surface area (Å²) in [6.07, 6.45) is 0.154. The summed E-state index contributed by atoms with van der Waals surface area (Å²) < 4.78 is 14.4. The van der Waals surface area contributed by atoms with E-state index in [0.717, 1.165) is 5.56 Å². The molecule has 3 aromatic carbocycles. The van der Waals surface area contributed by atoms with Crippen molar-refractivity contribution in [1.82, 2.24) is 10.2 Å². The number of carbonyl (C=O) groups is 2. The van der Waals surface area contributed by atoms with E-state index in [9.17, 15) is 14.0 Å². The molecule has 178 valence electrons. The van der Waals surface area contributed by atoms with Crippen molar-refractivity contribution in [3.05, 3.63) is 106 Å². The first-order chi connectivity index (χ1) is 16.1. The lowest BCUT2D eigenvalue weighted by molar-refractivity contribution is -0.141. The molecule has 0 bridgehead atoms. The Labute approximate surface area is 205 Å². The summed E-state index contributed by atoms with van der Waals surface area (Å²) in [6, 6.07) is 22.1. The highest BCUT2D eigenvalue weighted by Crippen LogP contribution is 2.22. The number of hydrogen-bond acceptors (Lipinski definition) is 2. The molecule has 0 saturated carbocycles. The van der Waals surface area contributed by atoms with Crippen molar-refractivity contribution < 1.29 is 14.0 Å². The second kappa shape index (κ2) is 11.3. The maximum absolute atomic E-state index is 14.4. The quantitative estimate of drug-likeness (QED) is 0.457. The minimum absolute atomic E-state index is 0.127. The molecule has 1 unspecified atom stereocenters. The molecular weight excluding hydrogens is 451 g/mol. The number of nitrogens with zero attached hydrogens (tertiary/aromatic N) is 1. The van der Waals surface area contributed by atoms with Crippen LogP contribution in [0.2, 0.25) is 5.02 Å². The fourth-order valence-corrected chi connectivity index (χ4v) is 3.92. The zero-order chi connectivity index (χ0) is 24.7. The first kappa shape index (κ1) is 25.4. The van der Waals surface area contributed by atoms with E-state index in [0.29, 0.717) is 17.0 Å². The van der Waals surface area contributed by atoms with Crippen LogP contribution >= 0.6 is 11.6 Å². The normalized spacial score (nSPS) is 12.1. The first-order valence-corrected chi connectivity index (χ1v) is 11.6. The molecule has 0 saturated heterocycles. The third-order valence-electron chi connectivity index (χ3n) is 5.37. The van der Waals surface area contributed by atoms with Crippen LogP contribution in [0.5, 0.6) is 0 Å². The van der Waals surface area contributed by atoms with Gasteiger partial charge >= 0.3 is 0 Å². The fourth-order valence-electron chi connectivity index (χ4n) is 3.72. The van der Waals surface area contributed by atoms with E-state index in [1.807, 2.05) is 69.3 Å². The van der Waals surface area contributed by atoms with Gasteiger partial charge in [-0.05, 0) is 49.6 Å². The average Bonchev–Trinajstić information content (AvgIpc) is 2.78. The lowest BCUT2D eigenvalue weighted by atomic mass is 9.99. The molecule has 0 radical (unpaired) electrons. The topological polar surface area (TPSA) is 49.4 Å². The van der Waals surface area contributed by atoms with Gasteiger partial charge in [-0.1, -0.05) is 78.3 Å². The van der Waals surface area contributed by atoms with Crippen LogP contribution in [0, 0.1) is 5.82 Å². The van der Waals surface area contributed by atoms with Gasteiger partial charge < -0.3 is 10.2 Å². The Morgan fingerprint density at radius 1 is 0.912 bits per heavy atom. The largest absolute Gasteiger partial charge is 0.350 e. The molecule has 0 aliphatic rings. The van der Waals surface area contributed by atoms with E-state index in [1.165, 1.54) is 11.0 Å². The SMILES string of the molecule is CC(C)(C)NC(=O)C(Cc1ccccc1)N(Cc1ccccc1Cl)C(=O)Cc1ccccc1F.